The van der Waals surface area contributed by atoms with Gasteiger partial charge in [-0.15, -0.1) is 0 Å². The number of hydrogen-bond acceptors (Lipinski definition) is 3. The number of benzene rings is 1. The Bertz CT molecular complexity index is 487. The van der Waals surface area contributed by atoms with Crippen molar-refractivity contribution in [3.05, 3.63) is 23.3 Å². The lowest BCUT2D eigenvalue weighted by molar-refractivity contribution is -0.145. The Labute approximate surface area is 113 Å². The van der Waals surface area contributed by atoms with Crippen molar-refractivity contribution in [2.45, 2.75) is 44.4 Å². The Morgan fingerprint density at radius 1 is 1.26 bits per heavy atom. The number of phenolic OH excluding ortho intramolecular Hbond substituents is 1. The maximum absolute atomic E-state index is 11.8. The molecule has 1 aromatic carbocycles. The molecule has 0 spiro atoms. The monoisotopic (exact) mass is 264 g/mol. The molecule has 0 aromatic heterocycles. The predicted octanol–water partition coefficient (Wildman–Crippen LogP) is 3.00. The van der Waals surface area contributed by atoms with Crippen LogP contribution in [-0.4, -0.2) is 23.3 Å². The first-order valence-electron chi connectivity index (χ1n) is 6.63. The summed E-state index contributed by atoms with van der Waals surface area (Å²) < 4.78 is 5.14. The van der Waals surface area contributed by atoms with E-state index in [-0.39, 0.29) is 5.75 Å². The fourth-order valence-electron chi connectivity index (χ4n) is 2.96. The molecule has 2 rings (SSSR count). The van der Waals surface area contributed by atoms with Gasteiger partial charge in [-0.2, -0.15) is 0 Å². The van der Waals surface area contributed by atoms with Gasteiger partial charge in [-0.3, -0.25) is 4.79 Å². The molecule has 1 saturated carbocycles. The van der Waals surface area contributed by atoms with Gasteiger partial charge in [-0.1, -0.05) is 25.3 Å². The average molecular weight is 264 g/mol. The van der Waals surface area contributed by atoms with Crippen LogP contribution in [-0.2, 0) is 10.2 Å². The van der Waals surface area contributed by atoms with Crippen LogP contribution in [0.4, 0.5) is 0 Å². The molecule has 1 aromatic rings. The van der Waals surface area contributed by atoms with E-state index >= 15 is 0 Å². The van der Waals surface area contributed by atoms with Gasteiger partial charge in [0.1, 0.15) is 0 Å². The first kappa shape index (κ1) is 13.7. The predicted molar refractivity (Wildman–Crippen MR) is 71.8 cm³/mol. The minimum absolute atomic E-state index is 0.0857. The molecule has 0 amide bonds. The maximum Gasteiger partial charge on any atom is 0.314 e. The summed E-state index contributed by atoms with van der Waals surface area (Å²) in [7, 11) is 1.48. The van der Waals surface area contributed by atoms with Gasteiger partial charge in [0.25, 0.3) is 0 Å². The van der Waals surface area contributed by atoms with E-state index in [2.05, 4.69) is 0 Å². The highest BCUT2D eigenvalue weighted by Crippen LogP contribution is 2.43. The minimum atomic E-state index is -0.829. The van der Waals surface area contributed by atoms with Crippen molar-refractivity contribution in [2.75, 3.05) is 7.11 Å². The third kappa shape index (κ3) is 2.27. The number of carbonyl (C=O) groups is 1. The normalized spacial score (nSPS) is 18.0. The van der Waals surface area contributed by atoms with Crippen molar-refractivity contribution in [3.63, 3.8) is 0 Å². The fourth-order valence-corrected chi connectivity index (χ4v) is 2.96. The molecule has 0 saturated heterocycles. The fraction of sp³-hybridized carbons (Fsp3) is 0.533. The summed E-state index contributed by atoms with van der Waals surface area (Å²) in [6, 6.07) is 3.44. The number of phenols is 1. The van der Waals surface area contributed by atoms with Crippen LogP contribution >= 0.6 is 0 Å². The quantitative estimate of drug-likeness (QED) is 0.880. The summed E-state index contributed by atoms with van der Waals surface area (Å²) in [6.45, 7) is 1.76. The Kier molecular flexibility index (Phi) is 3.69. The minimum Gasteiger partial charge on any atom is -0.504 e. The SMILES string of the molecule is COc1cc(C2(C(=O)O)CCCCC2)cc(C)c1O. The summed E-state index contributed by atoms with van der Waals surface area (Å²) in [5.74, 6) is -0.344. The molecule has 4 nitrogen and oxygen atoms in total. The molecule has 0 unspecified atom stereocenters. The van der Waals surface area contributed by atoms with E-state index in [9.17, 15) is 15.0 Å². The van der Waals surface area contributed by atoms with Crippen LogP contribution in [0, 0.1) is 6.92 Å². The Balaban J connectivity index is 2.54. The Morgan fingerprint density at radius 3 is 2.42 bits per heavy atom. The molecule has 0 heterocycles. The van der Waals surface area contributed by atoms with Crippen molar-refractivity contribution in [3.8, 4) is 11.5 Å². The zero-order chi connectivity index (χ0) is 14.0. The number of ether oxygens (including phenoxy) is 1. The molecule has 1 fully saturated rings. The number of aryl methyl sites for hydroxylation is 1. The van der Waals surface area contributed by atoms with E-state index in [0.29, 0.717) is 24.2 Å². The van der Waals surface area contributed by atoms with E-state index in [0.717, 1.165) is 24.8 Å². The lowest BCUT2D eigenvalue weighted by atomic mass is 9.69. The molecule has 104 valence electrons. The van der Waals surface area contributed by atoms with Crippen LogP contribution in [0.15, 0.2) is 12.1 Å². The van der Waals surface area contributed by atoms with Crippen LogP contribution in [0.1, 0.15) is 43.2 Å². The highest BCUT2D eigenvalue weighted by Gasteiger charge is 2.41. The first-order chi connectivity index (χ1) is 9.01. The van der Waals surface area contributed by atoms with Gasteiger partial charge in [0.2, 0.25) is 0 Å². The Hall–Kier alpha value is -1.71. The van der Waals surface area contributed by atoms with Crippen molar-refractivity contribution in [1.82, 2.24) is 0 Å². The summed E-state index contributed by atoms with van der Waals surface area (Å²) in [5, 5.41) is 19.5. The second kappa shape index (κ2) is 5.11. The van der Waals surface area contributed by atoms with E-state index in [1.54, 1.807) is 19.1 Å². The zero-order valence-corrected chi connectivity index (χ0v) is 11.4. The first-order valence-corrected chi connectivity index (χ1v) is 6.63. The number of methoxy groups -OCH3 is 1. The molecule has 19 heavy (non-hydrogen) atoms. The van der Waals surface area contributed by atoms with E-state index in [1.165, 1.54) is 7.11 Å². The van der Waals surface area contributed by atoms with E-state index < -0.39 is 11.4 Å². The van der Waals surface area contributed by atoms with Crippen molar-refractivity contribution >= 4 is 5.97 Å². The highest BCUT2D eigenvalue weighted by molar-refractivity contribution is 5.82. The third-order valence-corrected chi connectivity index (χ3v) is 4.15. The lowest BCUT2D eigenvalue weighted by Gasteiger charge is -2.34. The van der Waals surface area contributed by atoms with E-state index in [1.807, 2.05) is 0 Å². The van der Waals surface area contributed by atoms with Crippen molar-refractivity contribution in [2.24, 2.45) is 0 Å². The lowest BCUT2D eigenvalue weighted by Crippen LogP contribution is -2.37. The average Bonchev–Trinajstić information content (AvgIpc) is 2.42. The molecule has 0 aliphatic heterocycles. The molecular formula is C15H20O4. The number of rotatable bonds is 3. The standard InChI is InChI=1S/C15H20O4/c1-10-8-11(9-12(19-2)13(10)16)15(14(17)18)6-4-3-5-7-15/h8-9,16H,3-7H2,1-2H3,(H,17,18). The number of hydrogen-bond donors (Lipinski definition) is 2. The van der Waals surface area contributed by atoms with Crippen molar-refractivity contribution in [1.29, 1.82) is 0 Å². The van der Waals surface area contributed by atoms with Gasteiger partial charge in [-0.05, 0) is 37.0 Å². The molecular weight excluding hydrogens is 244 g/mol. The van der Waals surface area contributed by atoms with Gasteiger partial charge in [0.15, 0.2) is 11.5 Å². The van der Waals surface area contributed by atoms with Gasteiger partial charge in [-0.25, -0.2) is 0 Å². The van der Waals surface area contributed by atoms with Crippen LogP contribution in [0.5, 0.6) is 11.5 Å². The van der Waals surface area contributed by atoms with Crippen LogP contribution in [0.25, 0.3) is 0 Å². The van der Waals surface area contributed by atoms with Crippen LogP contribution in [0.3, 0.4) is 0 Å². The molecule has 0 radical (unpaired) electrons. The number of aromatic hydroxyl groups is 1. The summed E-state index contributed by atoms with van der Waals surface area (Å²) >= 11 is 0. The molecule has 1 aliphatic carbocycles. The summed E-state index contributed by atoms with van der Waals surface area (Å²) in [6.07, 6.45) is 4.23. The molecule has 1 aliphatic rings. The molecule has 0 bridgehead atoms. The van der Waals surface area contributed by atoms with Gasteiger partial charge >= 0.3 is 5.97 Å². The highest BCUT2D eigenvalue weighted by atomic mass is 16.5. The second-order valence-corrected chi connectivity index (χ2v) is 5.29. The number of aliphatic carboxylic acids is 1. The maximum atomic E-state index is 11.8. The topological polar surface area (TPSA) is 66.8 Å². The van der Waals surface area contributed by atoms with Gasteiger partial charge in [0.05, 0.1) is 12.5 Å². The molecule has 0 atom stereocenters. The van der Waals surface area contributed by atoms with Gasteiger partial charge in [0, 0.05) is 0 Å². The molecule has 2 N–H and O–H groups in total. The Morgan fingerprint density at radius 2 is 1.89 bits per heavy atom. The van der Waals surface area contributed by atoms with Crippen molar-refractivity contribution < 1.29 is 19.7 Å². The number of carboxylic acid groups (broad SMARTS) is 1. The largest absolute Gasteiger partial charge is 0.504 e. The molecule has 4 heteroatoms. The third-order valence-electron chi connectivity index (χ3n) is 4.15. The number of carboxylic acids is 1. The van der Waals surface area contributed by atoms with E-state index in [4.69, 9.17) is 4.74 Å². The summed E-state index contributed by atoms with van der Waals surface area (Å²) in [5.41, 5.74) is 0.566. The second-order valence-electron chi connectivity index (χ2n) is 5.29. The zero-order valence-electron chi connectivity index (χ0n) is 11.4. The summed E-state index contributed by atoms with van der Waals surface area (Å²) in [4.78, 5) is 11.8. The van der Waals surface area contributed by atoms with Crippen LogP contribution < -0.4 is 4.74 Å². The van der Waals surface area contributed by atoms with Gasteiger partial charge < -0.3 is 14.9 Å². The van der Waals surface area contributed by atoms with Crippen LogP contribution in [0.2, 0.25) is 0 Å². The smallest absolute Gasteiger partial charge is 0.314 e.